The van der Waals surface area contributed by atoms with Crippen LogP contribution in [0.5, 0.6) is 0 Å². The van der Waals surface area contributed by atoms with Crippen LogP contribution in [0.4, 0.5) is 0 Å². The topological polar surface area (TPSA) is 72.2 Å². The molecule has 1 atom stereocenters. The number of aromatic nitrogens is 2. The lowest BCUT2D eigenvalue weighted by Gasteiger charge is -2.06. The van der Waals surface area contributed by atoms with Gasteiger partial charge in [-0.2, -0.15) is 5.10 Å². The summed E-state index contributed by atoms with van der Waals surface area (Å²) in [5.74, 6) is -0.204. The molecule has 0 aliphatic carbocycles. The van der Waals surface area contributed by atoms with Crippen LogP contribution in [0.3, 0.4) is 0 Å². The molecule has 0 aromatic carbocycles. The Balaban J connectivity index is 2.54. The van der Waals surface area contributed by atoms with Gasteiger partial charge in [-0.3, -0.25) is 4.68 Å². The maximum absolute atomic E-state index is 10.9. The standard InChI is InChI=1S/C9H16N2O3S/c1-3-11-6-8(5-10-11)4-9(12)7-15(2,13)14/h5-6,9,12H,3-4,7H2,1-2H3. The predicted octanol–water partition coefficient (Wildman–Crippen LogP) is -0.149. The zero-order valence-corrected chi connectivity index (χ0v) is 9.74. The van der Waals surface area contributed by atoms with Gasteiger partial charge in [-0.05, 0) is 12.5 Å². The van der Waals surface area contributed by atoms with Gasteiger partial charge in [-0.1, -0.05) is 0 Å². The highest BCUT2D eigenvalue weighted by atomic mass is 32.2. The van der Waals surface area contributed by atoms with E-state index in [1.807, 2.05) is 13.1 Å². The fourth-order valence-electron chi connectivity index (χ4n) is 1.37. The lowest BCUT2D eigenvalue weighted by Crippen LogP contribution is -2.21. The summed E-state index contributed by atoms with van der Waals surface area (Å²) in [4.78, 5) is 0. The lowest BCUT2D eigenvalue weighted by atomic mass is 10.2. The van der Waals surface area contributed by atoms with Crippen LogP contribution in [0, 0.1) is 0 Å². The van der Waals surface area contributed by atoms with Crippen LogP contribution in [0.2, 0.25) is 0 Å². The summed E-state index contributed by atoms with van der Waals surface area (Å²) in [7, 11) is -3.12. The van der Waals surface area contributed by atoms with Gasteiger partial charge in [0.2, 0.25) is 0 Å². The van der Waals surface area contributed by atoms with Crippen LogP contribution >= 0.6 is 0 Å². The molecule has 0 aliphatic heterocycles. The molecule has 0 aliphatic rings. The number of aliphatic hydroxyl groups excluding tert-OH is 1. The van der Waals surface area contributed by atoms with E-state index in [9.17, 15) is 13.5 Å². The van der Waals surface area contributed by atoms with Crippen molar-refractivity contribution in [2.75, 3.05) is 12.0 Å². The number of nitrogens with zero attached hydrogens (tertiary/aromatic N) is 2. The Kier molecular flexibility index (Phi) is 3.87. The molecular weight excluding hydrogens is 216 g/mol. The minimum Gasteiger partial charge on any atom is -0.392 e. The van der Waals surface area contributed by atoms with E-state index in [0.717, 1.165) is 18.4 Å². The average Bonchev–Trinajstić information content (AvgIpc) is 2.48. The minimum absolute atomic E-state index is 0.204. The Morgan fingerprint density at radius 3 is 2.73 bits per heavy atom. The second-order valence-electron chi connectivity index (χ2n) is 3.65. The number of sulfone groups is 1. The first kappa shape index (κ1) is 12.2. The van der Waals surface area contributed by atoms with Crippen LogP contribution in [0.1, 0.15) is 12.5 Å². The molecule has 1 aromatic rings. The second kappa shape index (κ2) is 4.76. The molecule has 1 rings (SSSR count). The van der Waals surface area contributed by atoms with E-state index in [1.165, 1.54) is 0 Å². The van der Waals surface area contributed by atoms with Gasteiger partial charge < -0.3 is 5.11 Å². The van der Waals surface area contributed by atoms with Crippen molar-refractivity contribution in [3.63, 3.8) is 0 Å². The van der Waals surface area contributed by atoms with Gasteiger partial charge in [-0.15, -0.1) is 0 Å². The van der Waals surface area contributed by atoms with Crippen LogP contribution in [0.25, 0.3) is 0 Å². The molecule has 0 bridgehead atoms. The third-order valence-corrected chi connectivity index (χ3v) is 2.97. The van der Waals surface area contributed by atoms with Crippen molar-refractivity contribution in [3.05, 3.63) is 18.0 Å². The zero-order valence-electron chi connectivity index (χ0n) is 8.92. The molecule has 0 fully saturated rings. The first-order valence-corrected chi connectivity index (χ1v) is 6.84. The molecule has 0 amide bonds. The Labute approximate surface area is 89.6 Å². The highest BCUT2D eigenvalue weighted by Crippen LogP contribution is 2.04. The van der Waals surface area contributed by atoms with Gasteiger partial charge in [-0.25, -0.2) is 8.42 Å². The largest absolute Gasteiger partial charge is 0.392 e. The molecule has 6 heteroatoms. The number of hydrogen-bond acceptors (Lipinski definition) is 4. The van der Waals surface area contributed by atoms with Gasteiger partial charge in [0.05, 0.1) is 18.1 Å². The van der Waals surface area contributed by atoms with E-state index in [-0.39, 0.29) is 5.75 Å². The number of rotatable bonds is 5. The van der Waals surface area contributed by atoms with Gasteiger partial charge in [0.25, 0.3) is 0 Å². The van der Waals surface area contributed by atoms with Crippen molar-refractivity contribution in [3.8, 4) is 0 Å². The Hall–Kier alpha value is -0.880. The molecule has 1 N–H and O–H groups in total. The van der Waals surface area contributed by atoms with E-state index in [2.05, 4.69) is 5.10 Å². The summed E-state index contributed by atoms with van der Waals surface area (Å²) in [5.41, 5.74) is 0.855. The summed E-state index contributed by atoms with van der Waals surface area (Å²) < 4.78 is 23.6. The van der Waals surface area contributed by atoms with E-state index in [0.29, 0.717) is 6.42 Å². The quantitative estimate of drug-likeness (QED) is 0.766. The van der Waals surface area contributed by atoms with Gasteiger partial charge in [0, 0.05) is 25.4 Å². The highest BCUT2D eigenvalue weighted by molar-refractivity contribution is 7.90. The van der Waals surface area contributed by atoms with Gasteiger partial charge >= 0.3 is 0 Å². The minimum atomic E-state index is -3.12. The number of hydrogen-bond donors (Lipinski definition) is 1. The molecule has 0 saturated heterocycles. The normalized spacial score (nSPS) is 14.1. The molecule has 1 unspecified atom stereocenters. The Bertz CT molecular complexity index is 411. The third-order valence-electron chi connectivity index (χ3n) is 1.98. The van der Waals surface area contributed by atoms with Gasteiger partial charge in [0.1, 0.15) is 9.84 Å². The summed E-state index contributed by atoms with van der Waals surface area (Å²) >= 11 is 0. The zero-order chi connectivity index (χ0) is 11.5. The molecule has 0 radical (unpaired) electrons. The smallest absolute Gasteiger partial charge is 0.150 e. The van der Waals surface area contributed by atoms with Crippen LogP contribution in [-0.2, 0) is 22.8 Å². The predicted molar refractivity (Wildman–Crippen MR) is 57.3 cm³/mol. The van der Waals surface area contributed by atoms with Crippen molar-refractivity contribution < 1.29 is 13.5 Å². The first-order valence-electron chi connectivity index (χ1n) is 4.78. The van der Waals surface area contributed by atoms with Gasteiger partial charge in [0.15, 0.2) is 0 Å². The summed E-state index contributed by atoms with van der Waals surface area (Å²) in [5, 5.41) is 13.5. The van der Waals surface area contributed by atoms with Crippen LogP contribution in [0.15, 0.2) is 12.4 Å². The van der Waals surface area contributed by atoms with Crippen molar-refractivity contribution in [2.24, 2.45) is 0 Å². The van der Waals surface area contributed by atoms with Crippen LogP contribution < -0.4 is 0 Å². The molecule has 5 nitrogen and oxygen atoms in total. The van der Waals surface area contributed by atoms with E-state index >= 15 is 0 Å². The van der Waals surface area contributed by atoms with Crippen molar-refractivity contribution in [1.29, 1.82) is 0 Å². The maximum atomic E-state index is 10.9. The summed E-state index contributed by atoms with van der Waals surface area (Å²) in [6, 6.07) is 0. The van der Waals surface area contributed by atoms with Crippen molar-refractivity contribution in [1.82, 2.24) is 9.78 Å². The van der Waals surface area contributed by atoms with Crippen molar-refractivity contribution in [2.45, 2.75) is 26.0 Å². The lowest BCUT2D eigenvalue weighted by molar-refractivity contribution is 0.198. The van der Waals surface area contributed by atoms with E-state index < -0.39 is 15.9 Å². The van der Waals surface area contributed by atoms with E-state index in [1.54, 1.807) is 10.9 Å². The molecule has 1 aromatic heterocycles. The SMILES string of the molecule is CCn1cc(CC(O)CS(C)(=O)=O)cn1. The number of aryl methyl sites for hydroxylation is 1. The monoisotopic (exact) mass is 232 g/mol. The molecule has 0 spiro atoms. The molecule has 86 valence electrons. The number of aliphatic hydroxyl groups is 1. The molecule has 0 saturated carbocycles. The Morgan fingerprint density at radius 1 is 1.60 bits per heavy atom. The summed E-state index contributed by atoms with van der Waals surface area (Å²) in [6.45, 7) is 2.73. The maximum Gasteiger partial charge on any atom is 0.150 e. The second-order valence-corrected chi connectivity index (χ2v) is 5.84. The molecule has 1 heterocycles. The Morgan fingerprint density at radius 2 is 2.27 bits per heavy atom. The average molecular weight is 232 g/mol. The van der Waals surface area contributed by atoms with Crippen molar-refractivity contribution >= 4 is 9.84 Å². The fourth-order valence-corrected chi connectivity index (χ4v) is 2.18. The van der Waals surface area contributed by atoms with Crippen LogP contribution in [-0.4, -0.2) is 41.4 Å². The van der Waals surface area contributed by atoms with E-state index in [4.69, 9.17) is 0 Å². The molecule has 15 heavy (non-hydrogen) atoms. The molecular formula is C9H16N2O3S. The first-order chi connectivity index (χ1) is 6.90. The highest BCUT2D eigenvalue weighted by Gasteiger charge is 2.13. The third kappa shape index (κ3) is 4.44. The fraction of sp³-hybridized carbons (Fsp3) is 0.667. The summed E-state index contributed by atoms with van der Waals surface area (Å²) in [6.07, 6.45) is 4.05.